The van der Waals surface area contributed by atoms with Gasteiger partial charge in [0.1, 0.15) is 11.5 Å². The van der Waals surface area contributed by atoms with Gasteiger partial charge in [-0.2, -0.15) is 0 Å². The van der Waals surface area contributed by atoms with E-state index in [1.807, 2.05) is 23.6 Å². The zero-order valence-electron chi connectivity index (χ0n) is 12.6. The lowest BCUT2D eigenvalue weighted by atomic mass is 10.1. The molecule has 1 aliphatic carbocycles. The number of nitrogens with zero attached hydrogens (tertiary/aromatic N) is 2. The van der Waals surface area contributed by atoms with Gasteiger partial charge in [0.2, 0.25) is 5.91 Å². The Hall–Kier alpha value is -2.60. The van der Waals surface area contributed by atoms with E-state index < -0.39 is 0 Å². The number of benzene rings is 1. The summed E-state index contributed by atoms with van der Waals surface area (Å²) in [5.74, 6) is -0.583. The van der Waals surface area contributed by atoms with E-state index in [-0.39, 0.29) is 23.6 Å². The highest BCUT2D eigenvalue weighted by Gasteiger charge is 2.45. The molecule has 1 aliphatic rings. The van der Waals surface area contributed by atoms with E-state index in [9.17, 15) is 9.18 Å². The van der Waals surface area contributed by atoms with Crippen molar-refractivity contribution in [1.82, 2.24) is 9.97 Å². The molecular weight excluding hydrogens is 325 g/mol. The van der Waals surface area contributed by atoms with Crippen LogP contribution in [0.1, 0.15) is 17.9 Å². The lowest BCUT2D eigenvalue weighted by Crippen LogP contribution is -2.14. The van der Waals surface area contributed by atoms with E-state index in [1.54, 1.807) is 24.4 Å². The van der Waals surface area contributed by atoms with Crippen LogP contribution in [0.25, 0.3) is 11.4 Å². The molecule has 120 valence electrons. The number of halogens is 1. The zero-order chi connectivity index (χ0) is 16.5. The second-order valence-corrected chi connectivity index (χ2v) is 6.57. The molecule has 6 heteroatoms. The van der Waals surface area contributed by atoms with Gasteiger partial charge in [-0.1, -0.05) is 24.3 Å². The van der Waals surface area contributed by atoms with Gasteiger partial charge in [0, 0.05) is 17.5 Å². The quantitative estimate of drug-likeness (QED) is 0.779. The molecule has 0 saturated heterocycles. The van der Waals surface area contributed by atoms with Crippen molar-refractivity contribution in [3.63, 3.8) is 0 Å². The molecule has 1 aromatic carbocycles. The first kappa shape index (κ1) is 15.0. The van der Waals surface area contributed by atoms with E-state index in [2.05, 4.69) is 15.3 Å². The number of hydrogen-bond donors (Lipinski definition) is 1. The van der Waals surface area contributed by atoms with Crippen molar-refractivity contribution in [2.24, 2.45) is 5.92 Å². The van der Waals surface area contributed by atoms with E-state index in [4.69, 9.17) is 0 Å². The number of carbonyl (C=O) groups excluding carboxylic acids is 1. The molecule has 1 saturated carbocycles. The molecule has 3 aromatic rings. The van der Waals surface area contributed by atoms with Crippen LogP contribution in [-0.4, -0.2) is 15.9 Å². The van der Waals surface area contributed by atoms with Crippen molar-refractivity contribution in [2.45, 2.75) is 12.3 Å². The first-order valence-electron chi connectivity index (χ1n) is 7.64. The highest BCUT2D eigenvalue weighted by molar-refractivity contribution is 7.14. The van der Waals surface area contributed by atoms with Crippen molar-refractivity contribution in [1.29, 1.82) is 0 Å². The molecule has 1 amide bonds. The minimum atomic E-state index is -0.246. The summed E-state index contributed by atoms with van der Waals surface area (Å²) in [6.07, 6.45) is 2.38. The summed E-state index contributed by atoms with van der Waals surface area (Å²) in [6, 6.07) is 12.2. The maximum absolute atomic E-state index is 13.8. The van der Waals surface area contributed by atoms with Crippen LogP contribution in [0.5, 0.6) is 0 Å². The Morgan fingerprint density at radius 3 is 2.79 bits per heavy atom. The van der Waals surface area contributed by atoms with Gasteiger partial charge in [-0.15, -0.1) is 11.3 Å². The predicted octanol–water partition coefficient (Wildman–Crippen LogP) is 4.09. The molecule has 1 N–H and O–H groups in total. The van der Waals surface area contributed by atoms with Gasteiger partial charge in [0.25, 0.3) is 0 Å². The third-order valence-corrected chi connectivity index (χ3v) is 4.85. The normalized spacial score (nSPS) is 19.0. The van der Waals surface area contributed by atoms with Crippen LogP contribution >= 0.6 is 11.3 Å². The van der Waals surface area contributed by atoms with E-state index in [0.717, 1.165) is 11.4 Å². The van der Waals surface area contributed by atoms with Crippen LogP contribution < -0.4 is 5.32 Å². The van der Waals surface area contributed by atoms with Gasteiger partial charge in [-0.25, -0.2) is 9.37 Å². The fourth-order valence-electron chi connectivity index (χ4n) is 2.77. The van der Waals surface area contributed by atoms with Crippen molar-refractivity contribution >= 4 is 22.4 Å². The number of thiazole rings is 1. The van der Waals surface area contributed by atoms with Crippen molar-refractivity contribution in [2.75, 3.05) is 5.32 Å². The largest absolute Gasteiger partial charge is 0.302 e. The summed E-state index contributed by atoms with van der Waals surface area (Å²) < 4.78 is 13.8. The number of pyridine rings is 1. The zero-order valence-corrected chi connectivity index (χ0v) is 13.5. The topological polar surface area (TPSA) is 54.9 Å². The van der Waals surface area contributed by atoms with Gasteiger partial charge in [-0.3, -0.25) is 9.78 Å². The minimum absolute atomic E-state index is 0.0403. The minimum Gasteiger partial charge on any atom is -0.302 e. The average Bonchev–Trinajstić information content (AvgIpc) is 3.27. The Labute approximate surface area is 142 Å². The summed E-state index contributed by atoms with van der Waals surface area (Å²) in [6.45, 7) is 0. The number of amides is 1. The molecule has 0 bridgehead atoms. The molecule has 2 heterocycles. The molecule has 0 radical (unpaired) electrons. The Morgan fingerprint density at radius 1 is 1.17 bits per heavy atom. The molecule has 4 rings (SSSR count). The number of aromatic nitrogens is 2. The smallest absolute Gasteiger partial charge is 0.229 e. The second kappa shape index (κ2) is 6.13. The maximum atomic E-state index is 13.8. The van der Waals surface area contributed by atoms with Gasteiger partial charge in [-0.05, 0) is 36.1 Å². The van der Waals surface area contributed by atoms with Crippen LogP contribution in [0.4, 0.5) is 9.52 Å². The molecule has 24 heavy (non-hydrogen) atoms. The number of carbonyl (C=O) groups is 1. The summed E-state index contributed by atoms with van der Waals surface area (Å²) in [5, 5.41) is 5.23. The molecule has 0 spiro atoms. The van der Waals surface area contributed by atoms with Crippen molar-refractivity contribution < 1.29 is 9.18 Å². The third kappa shape index (κ3) is 2.92. The molecule has 2 atom stereocenters. The highest BCUT2D eigenvalue weighted by atomic mass is 32.1. The fraction of sp³-hybridized carbons (Fsp3) is 0.167. The lowest BCUT2D eigenvalue weighted by molar-refractivity contribution is -0.117. The summed E-state index contributed by atoms with van der Waals surface area (Å²) >= 11 is 1.36. The molecular formula is C18H14FN3OS. The van der Waals surface area contributed by atoms with Crippen molar-refractivity contribution in [3.05, 3.63) is 65.4 Å². The van der Waals surface area contributed by atoms with Gasteiger partial charge in [0.05, 0.1) is 5.69 Å². The van der Waals surface area contributed by atoms with Crippen LogP contribution in [0.3, 0.4) is 0 Å². The van der Waals surface area contributed by atoms with Gasteiger partial charge < -0.3 is 5.32 Å². The van der Waals surface area contributed by atoms with E-state index >= 15 is 0 Å². The number of nitrogens with one attached hydrogen (secondary N) is 1. The summed E-state index contributed by atoms with van der Waals surface area (Å²) in [7, 11) is 0. The summed E-state index contributed by atoms with van der Waals surface area (Å²) in [4.78, 5) is 21.0. The molecule has 4 nitrogen and oxygen atoms in total. The monoisotopic (exact) mass is 339 g/mol. The first-order valence-corrected chi connectivity index (χ1v) is 8.52. The third-order valence-electron chi connectivity index (χ3n) is 4.09. The van der Waals surface area contributed by atoms with Crippen molar-refractivity contribution in [3.8, 4) is 11.4 Å². The predicted molar refractivity (Wildman–Crippen MR) is 91.2 cm³/mol. The molecule has 0 unspecified atom stereocenters. The lowest BCUT2D eigenvalue weighted by Gasteiger charge is -2.03. The van der Waals surface area contributed by atoms with Crippen LogP contribution in [0, 0.1) is 11.7 Å². The maximum Gasteiger partial charge on any atom is 0.229 e. The molecule has 0 aliphatic heterocycles. The van der Waals surface area contributed by atoms with Gasteiger partial charge in [0.15, 0.2) is 5.13 Å². The SMILES string of the molecule is O=C(Nc1nc(-c2ccccn2)cs1)[C@@H]1C[C@@H]1c1ccccc1F. The Morgan fingerprint density at radius 2 is 2.00 bits per heavy atom. The Balaban J connectivity index is 1.43. The van der Waals surface area contributed by atoms with Crippen LogP contribution in [0.15, 0.2) is 54.0 Å². The van der Waals surface area contributed by atoms with Gasteiger partial charge >= 0.3 is 0 Å². The van der Waals surface area contributed by atoms with Crippen LogP contribution in [-0.2, 0) is 4.79 Å². The molecule has 2 aromatic heterocycles. The number of hydrogen-bond acceptors (Lipinski definition) is 4. The summed E-state index contributed by atoms with van der Waals surface area (Å²) in [5.41, 5.74) is 2.12. The Kier molecular flexibility index (Phi) is 3.82. The number of anilines is 1. The second-order valence-electron chi connectivity index (χ2n) is 5.71. The first-order chi connectivity index (χ1) is 11.7. The Bertz CT molecular complexity index is 881. The van der Waals surface area contributed by atoms with E-state index in [0.29, 0.717) is 17.1 Å². The molecule has 1 fully saturated rings. The average molecular weight is 339 g/mol. The fourth-order valence-corrected chi connectivity index (χ4v) is 3.47. The van der Waals surface area contributed by atoms with E-state index in [1.165, 1.54) is 17.4 Å². The highest BCUT2D eigenvalue weighted by Crippen LogP contribution is 2.48. The number of rotatable bonds is 4. The standard InChI is InChI=1S/C18H14FN3OS/c19-14-6-2-1-5-11(14)12-9-13(12)17(23)22-18-21-16(10-24-18)15-7-3-4-8-20-15/h1-8,10,12-13H,9H2,(H,21,22,23)/t12-,13-/m1/s1. The van der Waals surface area contributed by atoms with Crippen LogP contribution in [0.2, 0.25) is 0 Å².